The lowest BCUT2D eigenvalue weighted by molar-refractivity contribution is -0.402. The van der Waals surface area contributed by atoms with Crippen LogP contribution in [0.2, 0.25) is 0 Å². The number of aliphatic hydroxyl groups is 1. The lowest BCUT2D eigenvalue weighted by Crippen LogP contribution is -2.42. The van der Waals surface area contributed by atoms with Gasteiger partial charge in [-0.15, -0.1) is 0 Å². The van der Waals surface area contributed by atoms with Gasteiger partial charge in [-0.2, -0.15) is 13.8 Å². The first-order valence-electron chi connectivity index (χ1n) is 13.4. The van der Waals surface area contributed by atoms with Crippen molar-refractivity contribution in [2.75, 3.05) is 19.5 Å². The van der Waals surface area contributed by atoms with Crippen LogP contribution in [0.1, 0.15) is 37.5 Å². The number of hydrogen-bond acceptors (Lipinski definition) is 14. The number of rotatable bonds is 14. The highest BCUT2D eigenvalue weighted by atomic mass is 31.2. The highest BCUT2D eigenvalue weighted by Gasteiger charge is 2.60. The molecular weight excluding hydrogens is 643 g/mol. The third-order valence-electron chi connectivity index (χ3n) is 6.64. The molecule has 1 fully saturated rings. The number of carbonyl (C=O) groups excluding carboxylic acids is 1. The van der Waals surface area contributed by atoms with Crippen molar-refractivity contribution in [2.24, 2.45) is 0 Å². The number of nitro groups is 1. The normalized spacial score (nSPS) is 21.7. The number of esters is 1. The van der Waals surface area contributed by atoms with E-state index in [0.717, 1.165) is 18.3 Å². The number of aromatic nitrogens is 2. The Hall–Kier alpha value is -4.26. The molecule has 20 heteroatoms. The van der Waals surface area contributed by atoms with E-state index in [1.54, 1.807) is 24.3 Å². The van der Waals surface area contributed by atoms with Gasteiger partial charge < -0.3 is 29.5 Å². The summed E-state index contributed by atoms with van der Waals surface area (Å²) in [6, 6.07) is 8.33. The molecule has 6 atom stereocenters. The number of nitrogens with zero attached hydrogens (tertiary/aromatic N) is 3. The summed E-state index contributed by atoms with van der Waals surface area (Å²) in [6.45, 7) is 1.30. The molecule has 3 heterocycles. The number of ether oxygens (including phenoxy) is 3. The van der Waals surface area contributed by atoms with Crippen molar-refractivity contribution < 1.29 is 55.8 Å². The lowest BCUT2D eigenvalue weighted by Gasteiger charge is -2.25. The number of halogens is 2. The Kier molecular flexibility index (Phi) is 10.5. The molecule has 3 aromatic rings. The molecule has 1 aliphatic rings. The van der Waals surface area contributed by atoms with Crippen LogP contribution in [0, 0.1) is 10.1 Å². The molecule has 46 heavy (non-hydrogen) atoms. The summed E-state index contributed by atoms with van der Waals surface area (Å²) in [7, 11) is -3.14. The van der Waals surface area contributed by atoms with Gasteiger partial charge in [-0.3, -0.25) is 28.5 Å². The number of carbonyl (C=O) groups is 1. The van der Waals surface area contributed by atoms with Crippen LogP contribution in [0.4, 0.5) is 20.5 Å². The monoisotopic (exact) mass is 673 g/mol. The van der Waals surface area contributed by atoms with Crippen LogP contribution in [-0.4, -0.2) is 63.4 Å². The zero-order chi connectivity index (χ0) is 33.8. The number of methoxy groups -OCH3 is 1. The van der Waals surface area contributed by atoms with Crippen molar-refractivity contribution in [2.45, 2.75) is 57.0 Å². The van der Waals surface area contributed by atoms with Crippen molar-refractivity contribution in [3.8, 4) is 5.75 Å². The first kappa shape index (κ1) is 34.6. The minimum atomic E-state index is -4.59. The molecule has 4 rings (SSSR count). The van der Waals surface area contributed by atoms with Gasteiger partial charge in [0.05, 0.1) is 26.4 Å². The molecule has 0 spiro atoms. The van der Waals surface area contributed by atoms with Gasteiger partial charge in [-0.25, -0.2) is 14.4 Å². The van der Waals surface area contributed by atoms with Gasteiger partial charge in [0.15, 0.2) is 18.0 Å². The quantitative estimate of drug-likeness (QED) is 0.0967. The molecule has 0 saturated carbocycles. The van der Waals surface area contributed by atoms with Crippen LogP contribution in [0.25, 0.3) is 0 Å². The number of benzene rings is 1. The van der Waals surface area contributed by atoms with E-state index in [-0.39, 0.29) is 18.2 Å². The number of nitrogens with two attached hydrogens (primary N) is 1. The van der Waals surface area contributed by atoms with E-state index < -0.39 is 73.3 Å². The molecule has 2 aromatic heterocycles. The van der Waals surface area contributed by atoms with Crippen LogP contribution >= 0.6 is 7.75 Å². The minimum Gasteiger partial charge on any atom is -0.497 e. The Labute approximate surface area is 258 Å². The van der Waals surface area contributed by atoms with Gasteiger partial charge in [-0.05, 0) is 43.7 Å². The summed E-state index contributed by atoms with van der Waals surface area (Å²) < 4.78 is 75.8. The molecule has 0 amide bonds. The van der Waals surface area contributed by atoms with Gasteiger partial charge in [0.25, 0.3) is 0 Å². The molecule has 2 unspecified atom stereocenters. The summed E-state index contributed by atoms with van der Waals surface area (Å²) >= 11 is 0. The summed E-state index contributed by atoms with van der Waals surface area (Å²) in [4.78, 5) is 38.5. The third kappa shape index (κ3) is 7.93. The van der Waals surface area contributed by atoms with E-state index in [0.29, 0.717) is 15.9 Å². The number of aliphatic hydroxyl groups excluding tert-OH is 1. The van der Waals surface area contributed by atoms with E-state index in [4.69, 9.17) is 33.4 Å². The third-order valence-corrected chi connectivity index (χ3v) is 8.31. The molecule has 0 radical (unpaired) electrons. The predicted molar refractivity (Wildman–Crippen MR) is 152 cm³/mol. The summed E-state index contributed by atoms with van der Waals surface area (Å²) in [5, 5.41) is 23.6. The zero-order valence-corrected chi connectivity index (χ0v) is 25.4. The van der Waals surface area contributed by atoms with Crippen LogP contribution in [0.5, 0.6) is 5.75 Å². The summed E-state index contributed by atoms with van der Waals surface area (Å²) in [5.74, 6) is -5.35. The van der Waals surface area contributed by atoms with Crippen LogP contribution in [-0.2, 0) is 34.5 Å². The Morgan fingerprint density at radius 2 is 1.93 bits per heavy atom. The summed E-state index contributed by atoms with van der Waals surface area (Å²) in [5.41, 5.74) is 4.73. The van der Waals surface area contributed by atoms with Crippen LogP contribution in [0.15, 0.2) is 57.9 Å². The smallest absolute Gasteiger partial charge is 0.433 e. The summed E-state index contributed by atoms with van der Waals surface area (Å²) in [6.07, 6.45) is -6.85. The number of hydrogen-bond donors (Lipinski definition) is 3. The number of nitrogen functional groups attached to an aromatic ring is 1. The highest BCUT2D eigenvalue weighted by Crippen LogP contribution is 2.48. The zero-order valence-electron chi connectivity index (χ0n) is 24.5. The van der Waals surface area contributed by atoms with Gasteiger partial charge in [0.2, 0.25) is 6.23 Å². The maximum atomic E-state index is 15.0. The van der Waals surface area contributed by atoms with Crippen molar-refractivity contribution in [1.29, 1.82) is 0 Å². The Morgan fingerprint density at radius 1 is 1.24 bits per heavy atom. The number of anilines is 1. The van der Waals surface area contributed by atoms with E-state index in [1.165, 1.54) is 27.0 Å². The number of nitrogens with one attached hydrogen (secondary N) is 1. The SMILES string of the molecule is COc1ccc(COP(=O)(N[C@@H](C)C(=O)OC(C)c2ccc([N+](=O)[O-])o2)OC[C@H]2O[C@@H](n3ccc(N)nc3=O)C(F)(F)[C@H]2O)cc1. The molecule has 0 bridgehead atoms. The standard InChI is InChI=1S/C26H30F2N5O12P/c1-14(23(35)43-15(2)18-8-9-21(44-18)33(37)38)31-46(39,41-12-16-4-6-17(40-3)7-5-16)42-13-19-22(34)26(27,28)24(45-19)32-11-10-20(29)30-25(32)36/h4-11,14-15,19,22,24,34H,12-13H2,1-3H3,(H,31,39)(H2,29,30,36)/t14-,15?,19+,22-,24+,46?/m0/s1. The van der Waals surface area contributed by atoms with Gasteiger partial charge in [-0.1, -0.05) is 12.1 Å². The number of alkyl halides is 2. The Morgan fingerprint density at radius 3 is 2.54 bits per heavy atom. The van der Waals surface area contributed by atoms with Crippen LogP contribution < -0.4 is 21.2 Å². The van der Waals surface area contributed by atoms with E-state index in [2.05, 4.69) is 10.1 Å². The van der Waals surface area contributed by atoms with Crippen molar-refractivity contribution in [3.05, 3.63) is 80.6 Å². The Balaban J connectivity index is 1.49. The van der Waals surface area contributed by atoms with E-state index in [1.807, 2.05) is 0 Å². The maximum absolute atomic E-state index is 15.0. The molecule has 0 aliphatic carbocycles. The lowest BCUT2D eigenvalue weighted by atomic mass is 10.1. The fraction of sp³-hybridized carbons (Fsp3) is 0.423. The van der Waals surface area contributed by atoms with Crippen molar-refractivity contribution in [3.63, 3.8) is 0 Å². The van der Waals surface area contributed by atoms with Crippen molar-refractivity contribution >= 4 is 25.4 Å². The molecule has 17 nitrogen and oxygen atoms in total. The number of furan rings is 1. The van der Waals surface area contributed by atoms with Crippen LogP contribution in [0.3, 0.4) is 0 Å². The molecule has 4 N–H and O–H groups in total. The second-order valence-electron chi connectivity index (χ2n) is 9.97. The fourth-order valence-electron chi connectivity index (χ4n) is 4.16. The first-order chi connectivity index (χ1) is 21.6. The largest absolute Gasteiger partial charge is 0.497 e. The molecule has 1 aliphatic heterocycles. The Bertz CT molecular complexity index is 1650. The molecule has 1 aromatic carbocycles. The van der Waals surface area contributed by atoms with E-state index in [9.17, 15) is 29.4 Å². The van der Waals surface area contributed by atoms with Crippen molar-refractivity contribution in [1.82, 2.24) is 14.6 Å². The first-order valence-corrected chi connectivity index (χ1v) is 15.0. The predicted octanol–water partition coefficient (Wildman–Crippen LogP) is 2.85. The van der Waals surface area contributed by atoms with Gasteiger partial charge >= 0.3 is 31.2 Å². The molecule has 250 valence electrons. The van der Waals surface area contributed by atoms with Gasteiger partial charge in [0.1, 0.15) is 28.6 Å². The average Bonchev–Trinajstić information content (AvgIpc) is 3.59. The highest BCUT2D eigenvalue weighted by molar-refractivity contribution is 7.51. The fourth-order valence-corrected chi connectivity index (χ4v) is 5.62. The maximum Gasteiger partial charge on any atom is 0.433 e. The van der Waals surface area contributed by atoms with E-state index >= 15 is 8.78 Å². The topological polar surface area (TPSA) is 230 Å². The molecule has 1 saturated heterocycles. The second-order valence-corrected chi connectivity index (χ2v) is 11.7. The second kappa shape index (κ2) is 14.0. The minimum absolute atomic E-state index is 0.0410. The van der Waals surface area contributed by atoms with Gasteiger partial charge in [0, 0.05) is 6.20 Å². The molecular formula is C26H30F2N5O12P. The average molecular weight is 674 g/mol.